The topological polar surface area (TPSA) is 44.8 Å². The van der Waals surface area contributed by atoms with Crippen LogP contribution in [-0.4, -0.2) is 27.1 Å². The summed E-state index contributed by atoms with van der Waals surface area (Å²) in [6, 6.07) is 7.85. The summed E-state index contributed by atoms with van der Waals surface area (Å²) in [6.07, 6.45) is -2.17. The van der Waals surface area contributed by atoms with E-state index in [1.54, 1.807) is 12.1 Å². The molecule has 0 saturated carbocycles. The quantitative estimate of drug-likeness (QED) is 0.552. The van der Waals surface area contributed by atoms with E-state index in [4.69, 9.17) is 14.2 Å². The fraction of sp³-hybridized carbons (Fsp3) is 0.211. The molecular weight excluding hydrogens is 349 g/mol. The van der Waals surface area contributed by atoms with Crippen LogP contribution in [0.3, 0.4) is 0 Å². The van der Waals surface area contributed by atoms with Crippen molar-refractivity contribution in [2.45, 2.75) is 6.18 Å². The Morgan fingerprint density at radius 3 is 2.15 bits per heavy atom. The molecule has 0 radical (unpaired) electrons. The Kier molecular flexibility index (Phi) is 5.92. The number of halogens is 3. The van der Waals surface area contributed by atoms with Crippen molar-refractivity contribution in [2.75, 3.05) is 21.3 Å². The summed E-state index contributed by atoms with van der Waals surface area (Å²) < 4.78 is 54.8. The molecule has 2 aromatic carbocycles. The number of hydrogen-bond acceptors (Lipinski definition) is 4. The van der Waals surface area contributed by atoms with Gasteiger partial charge in [-0.05, 0) is 30.4 Å². The zero-order valence-corrected chi connectivity index (χ0v) is 14.4. The first-order chi connectivity index (χ1) is 12.3. The molecule has 138 valence electrons. The van der Waals surface area contributed by atoms with Crippen molar-refractivity contribution >= 4 is 11.9 Å². The lowest BCUT2D eigenvalue weighted by atomic mass is 10.0. The van der Waals surface area contributed by atoms with Gasteiger partial charge in [0, 0.05) is 11.1 Å². The molecular formula is C19H17F3O4. The largest absolute Gasteiger partial charge is 0.493 e. The first-order valence-electron chi connectivity index (χ1n) is 7.51. The molecule has 0 amide bonds. The van der Waals surface area contributed by atoms with E-state index in [0.717, 1.165) is 18.2 Å². The Hall–Kier alpha value is -2.96. The van der Waals surface area contributed by atoms with E-state index < -0.39 is 23.1 Å². The van der Waals surface area contributed by atoms with Crippen LogP contribution in [0.5, 0.6) is 17.2 Å². The predicted molar refractivity (Wildman–Crippen MR) is 90.9 cm³/mol. The molecule has 4 nitrogen and oxygen atoms in total. The first-order valence-corrected chi connectivity index (χ1v) is 7.51. The summed E-state index contributed by atoms with van der Waals surface area (Å²) in [5.74, 6) is 0.283. The van der Waals surface area contributed by atoms with Crippen LogP contribution in [-0.2, 0) is 6.18 Å². The highest BCUT2D eigenvalue weighted by molar-refractivity contribution is 6.08. The smallest absolute Gasteiger partial charge is 0.417 e. The fourth-order valence-corrected chi connectivity index (χ4v) is 2.46. The van der Waals surface area contributed by atoms with Crippen molar-refractivity contribution in [2.24, 2.45) is 0 Å². The molecule has 2 aromatic rings. The highest BCUT2D eigenvalue weighted by Gasteiger charge is 2.34. The van der Waals surface area contributed by atoms with Crippen molar-refractivity contribution < 1.29 is 32.2 Å². The number of carbonyl (C=O) groups is 1. The van der Waals surface area contributed by atoms with Crippen molar-refractivity contribution in [3.63, 3.8) is 0 Å². The minimum Gasteiger partial charge on any atom is -0.493 e. The third-order valence-electron chi connectivity index (χ3n) is 3.65. The molecule has 2 rings (SSSR count). The SMILES string of the molecule is COc1ccc(/C=C/C(=O)c2ccccc2C(F)(F)F)c(OC)c1OC. The summed E-state index contributed by atoms with van der Waals surface area (Å²) in [5.41, 5.74) is -0.937. The Morgan fingerprint density at radius 2 is 1.58 bits per heavy atom. The number of alkyl halides is 3. The molecule has 7 heteroatoms. The molecule has 0 aliphatic rings. The van der Waals surface area contributed by atoms with Crippen LogP contribution in [0.2, 0.25) is 0 Å². The number of ether oxygens (including phenoxy) is 3. The van der Waals surface area contributed by atoms with E-state index in [9.17, 15) is 18.0 Å². The van der Waals surface area contributed by atoms with Gasteiger partial charge >= 0.3 is 6.18 Å². The maximum Gasteiger partial charge on any atom is 0.417 e. The van der Waals surface area contributed by atoms with Crippen molar-refractivity contribution in [1.29, 1.82) is 0 Å². The molecule has 0 saturated heterocycles. The van der Waals surface area contributed by atoms with Crippen LogP contribution >= 0.6 is 0 Å². The second-order valence-electron chi connectivity index (χ2n) is 5.16. The van der Waals surface area contributed by atoms with Gasteiger partial charge in [0.15, 0.2) is 17.3 Å². The minimum absolute atomic E-state index is 0.306. The average Bonchev–Trinajstić information content (AvgIpc) is 2.64. The number of benzene rings is 2. The van der Waals surface area contributed by atoms with Gasteiger partial charge in [-0.15, -0.1) is 0 Å². The van der Waals surface area contributed by atoms with Gasteiger partial charge < -0.3 is 14.2 Å². The number of allylic oxidation sites excluding steroid dienone is 1. The summed E-state index contributed by atoms with van der Waals surface area (Å²) in [6.45, 7) is 0. The van der Waals surface area contributed by atoms with Crippen molar-refractivity contribution in [1.82, 2.24) is 0 Å². The highest BCUT2D eigenvalue weighted by Crippen LogP contribution is 2.40. The Balaban J connectivity index is 2.41. The van der Waals surface area contributed by atoms with Crippen LogP contribution in [0, 0.1) is 0 Å². The molecule has 0 unspecified atom stereocenters. The van der Waals surface area contributed by atoms with Gasteiger partial charge in [0.05, 0.1) is 26.9 Å². The molecule has 0 heterocycles. The standard InChI is InChI=1S/C19H17F3O4/c1-24-16-11-9-12(17(25-2)18(16)26-3)8-10-15(23)13-6-4-5-7-14(13)19(20,21)22/h4-11H,1-3H3/b10-8+. The van der Waals surface area contributed by atoms with Crippen molar-refractivity contribution in [3.05, 3.63) is 59.2 Å². The predicted octanol–water partition coefficient (Wildman–Crippen LogP) is 4.63. The molecule has 0 aliphatic carbocycles. The van der Waals surface area contributed by atoms with E-state index in [1.807, 2.05) is 0 Å². The van der Waals surface area contributed by atoms with E-state index in [1.165, 1.54) is 39.5 Å². The number of rotatable bonds is 6. The summed E-state index contributed by atoms with van der Waals surface area (Å²) >= 11 is 0. The van der Waals surface area contributed by atoms with Gasteiger partial charge in [-0.2, -0.15) is 13.2 Å². The van der Waals surface area contributed by atoms with E-state index in [-0.39, 0.29) is 0 Å². The molecule has 0 N–H and O–H groups in total. The number of methoxy groups -OCH3 is 3. The lowest BCUT2D eigenvalue weighted by molar-refractivity contribution is -0.137. The monoisotopic (exact) mass is 366 g/mol. The van der Waals surface area contributed by atoms with Gasteiger partial charge in [-0.1, -0.05) is 18.2 Å². The second kappa shape index (κ2) is 7.95. The Labute approximate surface area is 148 Å². The zero-order chi connectivity index (χ0) is 19.3. The number of ketones is 1. The number of hydrogen-bond donors (Lipinski definition) is 0. The van der Waals surface area contributed by atoms with Gasteiger partial charge in [0.1, 0.15) is 0 Å². The van der Waals surface area contributed by atoms with Gasteiger partial charge in [0.2, 0.25) is 5.75 Å². The van der Waals surface area contributed by atoms with Crippen LogP contribution in [0.25, 0.3) is 6.08 Å². The lowest BCUT2D eigenvalue weighted by Gasteiger charge is -2.14. The van der Waals surface area contributed by atoms with E-state index in [2.05, 4.69) is 0 Å². The lowest BCUT2D eigenvalue weighted by Crippen LogP contribution is -2.11. The summed E-state index contributed by atoms with van der Waals surface area (Å²) in [4.78, 5) is 12.3. The van der Waals surface area contributed by atoms with Crippen LogP contribution in [0.15, 0.2) is 42.5 Å². The Bertz CT molecular complexity index is 826. The van der Waals surface area contributed by atoms with Crippen molar-refractivity contribution in [3.8, 4) is 17.2 Å². The molecule has 0 atom stereocenters. The van der Waals surface area contributed by atoms with Gasteiger partial charge in [-0.3, -0.25) is 4.79 Å². The molecule has 26 heavy (non-hydrogen) atoms. The van der Waals surface area contributed by atoms with Crippen LogP contribution in [0.4, 0.5) is 13.2 Å². The average molecular weight is 366 g/mol. The fourth-order valence-electron chi connectivity index (χ4n) is 2.46. The summed E-state index contributed by atoms with van der Waals surface area (Å²) in [7, 11) is 4.30. The highest BCUT2D eigenvalue weighted by atomic mass is 19.4. The number of carbonyl (C=O) groups excluding carboxylic acids is 1. The zero-order valence-electron chi connectivity index (χ0n) is 14.4. The van der Waals surface area contributed by atoms with Crippen LogP contribution in [0.1, 0.15) is 21.5 Å². The third kappa shape index (κ3) is 3.99. The third-order valence-corrected chi connectivity index (χ3v) is 3.65. The second-order valence-corrected chi connectivity index (χ2v) is 5.16. The first kappa shape index (κ1) is 19.4. The van der Waals surface area contributed by atoms with Gasteiger partial charge in [-0.25, -0.2) is 0 Å². The molecule has 0 aromatic heterocycles. The normalized spacial score (nSPS) is 11.5. The van der Waals surface area contributed by atoms with E-state index >= 15 is 0 Å². The van der Waals surface area contributed by atoms with E-state index in [0.29, 0.717) is 22.8 Å². The van der Waals surface area contributed by atoms with Crippen LogP contribution < -0.4 is 14.2 Å². The maximum absolute atomic E-state index is 13.0. The Morgan fingerprint density at radius 1 is 0.923 bits per heavy atom. The molecule has 0 aliphatic heterocycles. The molecule has 0 fully saturated rings. The molecule has 0 bridgehead atoms. The maximum atomic E-state index is 13.0. The molecule has 0 spiro atoms. The van der Waals surface area contributed by atoms with Gasteiger partial charge in [0.25, 0.3) is 0 Å². The minimum atomic E-state index is -4.61. The summed E-state index contributed by atoms with van der Waals surface area (Å²) in [5, 5.41) is 0.